The molecule has 0 saturated carbocycles. The summed E-state index contributed by atoms with van der Waals surface area (Å²) in [6, 6.07) is 0. The molecule has 0 aromatic heterocycles. The number of carboxylic acid groups (broad SMARTS) is 2. The van der Waals surface area contributed by atoms with E-state index in [0.29, 0.717) is 0 Å². The van der Waals surface area contributed by atoms with Crippen molar-refractivity contribution in [3.63, 3.8) is 0 Å². The number of hydrogen-bond donors (Lipinski definition) is 2. The van der Waals surface area contributed by atoms with E-state index in [9.17, 15) is 24.4 Å². The molecule has 0 aromatic rings. The fourth-order valence-electron chi connectivity index (χ4n) is 1.82. The molecule has 0 aromatic carbocycles. The number of aliphatic carboxylic acids is 2. The zero-order chi connectivity index (χ0) is 16.0. The molecule has 7 nitrogen and oxygen atoms in total. The van der Waals surface area contributed by atoms with Gasteiger partial charge in [0.05, 0.1) is 0 Å². The summed E-state index contributed by atoms with van der Waals surface area (Å²) in [6.07, 6.45) is 0.432. The van der Waals surface area contributed by atoms with E-state index in [-0.39, 0.29) is 25.7 Å². The van der Waals surface area contributed by atoms with Gasteiger partial charge in [0, 0.05) is 0 Å². The second kappa shape index (κ2) is 7.76. The Morgan fingerprint density at radius 2 is 1.10 bits per heavy atom. The van der Waals surface area contributed by atoms with Crippen LogP contribution in [0.2, 0.25) is 0 Å². The van der Waals surface area contributed by atoms with Crippen molar-refractivity contribution in [1.29, 1.82) is 0 Å². The summed E-state index contributed by atoms with van der Waals surface area (Å²) in [5, 5.41) is 18.4. The molecule has 0 bridgehead atoms. The fraction of sp³-hybridized carbons (Fsp3) is 0.833. The van der Waals surface area contributed by atoms with Gasteiger partial charge in [-0.3, -0.25) is 13.6 Å². The monoisotopic (exact) mass is 310 g/mol. The number of hydrogen-bond acceptors (Lipinski definition) is 5. The average molecular weight is 310 g/mol. The smallest absolute Gasteiger partial charge is 0.336 e. The van der Waals surface area contributed by atoms with Crippen LogP contribution in [0.25, 0.3) is 0 Å². The topological polar surface area (TPSA) is 110 Å². The molecular weight excluding hydrogens is 287 g/mol. The molecule has 0 saturated heterocycles. The molecule has 118 valence electrons. The van der Waals surface area contributed by atoms with E-state index in [0.717, 1.165) is 0 Å². The second-order valence-corrected chi connectivity index (χ2v) is 5.38. The van der Waals surface area contributed by atoms with E-state index in [1.165, 1.54) is 0 Å². The third kappa shape index (κ3) is 4.04. The van der Waals surface area contributed by atoms with E-state index >= 15 is 0 Å². The molecule has 0 spiro atoms. The summed E-state index contributed by atoms with van der Waals surface area (Å²) in [5.74, 6) is -2.48. The molecule has 8 heteroatoms. The number of carboxylic acids is 2. The standard InChI is InChI=1S/C12H23O7P/c1-5-11(6-2,9(13)14)18-20(17)19-12(7-3,8-4)10(15)16/h20H,5-8H2,1-4H3,(H,13,14)(H,15,16). The Labute approximate surface area is 119 Å². The van der Waals surface area contributed by atoms with Crippen molar-refractivity contribution in [3.8, 4) is 0 Å². The normalized spacial score (nSPS) is 12.7. The lowest BCUT2D eigenvalue weighted by atomic mass is 9.98. The minimum Gasteiger partial charge on any atom is -0.479 e. The highest BCUT2D eigenvalue weighted by atomic mass is 31.1. The van der Waals surface area contributed by atoms with Gasteiger partial charge in [0.2, 0.25) is 0 Å². The van der Waals surface area contributed by atoms with Crippen molar-refractivity contribution in [2.75, 3.05) is 0 Å². The Morgan fingerprint density at radius 1 is 0.850 bits per heavy atom. The Morgan fingerprint density at radius 3 is 1.25 bits per heavy atom. The van der Waals surface area contributed by atoms with Crippen LogP contribution in [-0.2, 0) is 23.2 Å². The van der Waals surface area contributed by atoms with Crippen molar-refractivity contribution in [1.82, 2.24) is 0 Å². The largest absolute Gasteiger partial charge is 0.479 e. The molecule has 0 fully saturated rings. The van der Waals surface area contributed by atoms with Gasteiger partial charge in [0.1, 0.15) is 0 Å². The molecule has 0 radical (unpaired) electrons. The first-order valence-corrected chi connectivity index (χ1v) is 7.84. The molecule has 0 aliphatic rings. The van der Waals surface area contributed by atoms with Gasteiger partial charge >= 0.3 is 20.2 Å². The molecule has 0 unspecified atom stereocenters. The van der Waals surface area contributed by atoms with Crippen molar-refractivity contribution >= 4 is 20.2 Å². The van der Waals surface area contributed by atoms with E-state index in [2.05, 4.69) is 0 Å². The summed E-state index contributed by atoms with van der Waals surface area (Å²) >= 11 is 0. The summed E-state index contributed by atoms with van der Waals surface area (Å²) in [6.45, 7) is 6.38. The first kappa shape index (κ1) is 19.1. The van der Waals surface area contributed by atoms with Crippen molar-refractivity contribution in [2.45, 2.75) is 64.6 Å². The molecule has 0 heterocycles. The molecule has 0 rings (SSSR count). The van der Waals surface area contributed by atoms with Crippen LogP contribution >= 0.6 is 8.25 Å². The number of carbonyl (C=O) groups is 2. The van der Waals surface area contributed by atoms with Crippen LogP contribution in [0.3, 0.4) is 0 Å². The predicted molar refractivity (Wildman–Crippen MR) is 73.1 cm³/mol. The Hall–Kier alpha value is -0.910. The minimum atomic E-state index is -3.25. The lowest BCUT2D eigenvalue weighted by molar-refractivity contribution is -0.160. The maximum atomic E-state index is 11.9. The van der Waals surface area contributed by atoms with Gasteiger partial charge in [-0.25, -0.2) is 9.59 Å². The fourth-order valence-corrected chi connectivity index (χ4v) is 3.25. The zero-order valence-electron chi connectivity index (χ0n) is 12.3. The maximum absolute atomic E-state index is 11.9. The Bertz CT molecular complexity index is 338. The average Bonchev–Trinajstić information content (AvgIpc) is 2.41. The van der Waals surface area contributed by atoms with Crippen molar-refractivity contribution in [3.05, 3.63) is 0 Å². The van der Waals surface area contributed by atoms with E-state index < -0.39 is 31.4 Å². The Balaban J connectivity index is 5.10. The van der Waals surface area contributed by atoms with Crippen LogP contribution in [0.15, 0.2) is 0 Å². The summed E-state index contributed by atoms with van der Waals surface area (Å²) in [7, 11) is -3.25. The molecule has 0 amide bonds. The Kier molecular flexibility index (Phi) is 7.41. The molecule has 0 atom stereocenters. The molecule has 0 aliphatic carbocycles. The van der Waals surface area contributed by atoms with Crippen LogP contribution in [0.5, 0.6) is 0 Å². The molecule has 0 aliphatic heterocycles. The van der Waals surface area contributed by atoms with Crippen LogP contribution in [0.1, 0.15) is 53.4 Å². The van der Waals surface area contributed by atoms with Gasteiger partial charge in [0.25, 0.3) is 0 Å². The van der Waals surface area contributed by atoms with Gasteiger partial charge in [-0.05, 0) is 25.7 Å². The van der Waals surface area contributed by atoms with Gasteiger partial charge in [-0.1, -0.05) is 27.7 Å². The van der Waals surface area contributed by atoms with E-state index in [1.54, 1.807) is 27.7 Å². The zero-order valence-corrected chi connectivity index (χ0v) is 13.3. The van der Waals surface area contributed by atoms with Crippen molar-refractivity contribution < 1.29 is 33.4 Å². The van der Waals surface area contributed by atoms with Gasteiger partial charge in [-0.15, -0.1) is 0 Å². The summed E-state index contributed by atoms with van der Waals surface area (Å²) in [5.41, 5.74) is -3.22. The van der Waals surface area contributed by atoms with Gasteiger partial charge < -0.3 is 10.2 Å². The highest BCUT2D eigenvalue weighted by Gasteiger charge is 2.42. The van der Waals surface area contributed by atoms with Crippen LogP contribution in [0.4, 0.5) is 0 Å². The van der Waals surface area contributed by atoms with Crippen molar-refractivity contribution in [2.24, 2.45) is 0 Å². The molecule has 2 N–H and O–H groups in total. The van der Waals surface area contributed by atoms with E-state index in [4.69, 9.17) is 9.05 Å². The summed E-state index contributed by atoms with van der Waals surface area (Å²) in [4.78, 5) is 22.5. The molecule has 20 heavy (non-hydrogen) atoms. The second-order valence-electron chi connectivity index (χ2n) is 4.47. The van der Waals surface area contributed by atoms with Crippen LogP contribution < -0.4 is 0 Å². The summed E-state index contributed by atoms with van der Waals surface area (Å²) < 4.78 is 22.1. The highest BCUT2D eigenvalue weighted by Crippen LogP contribution is 2.41. The highest BCUT2D eigenvalue weighted by molar-refractivity contribution is 7.33. The third-order valence-electron chi connectivity index (χ3n) is 3.62. The lowest BCUT2D eigenvalue weighted by Gasteiger charge is -2.30. The van der Waals surface area contributed by atoms with Gasteiger partial charge in [-0.2, -0.15) is 0 Å². The van der Waals surface area contributed by atoms with Crippen LogP contribution in [0, 0.1) is 0 Å². The third-order valence-corrected chi connectivity index (χ3v) is 4.74. The minimum absolute atomic E-state index is 0.108. The van der Waals surface area contributed by atoms with Crippen LogP contribution in [-0.4, -0.2) is 33.4 Å². The lowest BCUT2D eigenvalue weighted by Crippen LogP contribution is -2.41. The SMILES string of the molecule is CCC(CC)(O[PH](=O)OC(CC)(CC)C(=O)O)C(=O)O. The van der Waals surface area contributed by atoms with Gasteiger partial charge in [0.15, 0.2) is 11.2 Å². The number of rotatable bonds is 10. The maximum Gasteiger partial charge on any atom is 0.336 e. The first-order chi connectivity index (χ1) is 9.23. The quantitative estimate of drug-likeness (QED) is 0.597. The van der Waals surface area contributed by atoms with E-state index in [1.807, 2.05) is 0 Å². The molecular formula is C12H23O7P. The first-order valence-electron chi connectivity index (χ1n) is 6.62. The predicted octanol–water partition coefficient (Wildman–Crippen LogP) is 2.70.